The number of aromatic nitrogens is 2. The topological polar surface area (TPSA) is 49.0 Å². The number of hydrogen-bond acceptors (Lipinski definition) is 2. The maximum Gasteiger partial charge on any atom is 0.272 e. The minimum Gasteiger partial charge on any atom is -0.340 e. The maximum atomic E-state index is 12.2. The molecule has 1 aromatic heterocycles. The Bertz CT molecular complexity index is 553. The van der Waals surface area contributed by atoms with Crippen molar-refractivity contribution in [1.29, 1.82) is 0 Å². The van der Waals surface area contributed by atoms with Crippen molar-refractivity contribution >= 4 is 21.8 Å². The van der Waals surface area contributed by atoms with Crippen LogP contribution in [0.3, 0.4) is 0 Å². The highest BCUT2D eigenvalue weighted by atomic mass is 79.9. The van der Waals surface area contributed by atoms with E-state index in [1.165, 1.54) is 5.56 Å². The van der Waals surface area contributed by atoms with Crippen molar-refractivity contribution in [1.82, 2.24) is 15.1 Å². The van der Waals surface area contributed by atoms with E-state index in [4.69, 9.17) is 0 Å². The van der Waals surface area contributed by atoms with Crippen molar-refractivity contribution in [2.24, 2.45) is 0 Å². The Morgan fingerprint density at radius 2 is 2.11 bits per heavy atom. The third-order valence-electron chi connectivity index (χ3n) is 3.07. The average Bonchev–Trinajstić information content (AvgIpc) is 2.85. The lowest BCUT2D eigenvalue weighted by Crippen LogP contribution is -2.30. The zero-order valence-corrected chi connectivity index (χ0v) is 12.5. The van der Waals surface area contributed by atoms with Crippen LogP contribution in [-0.2, 0) is 0 Å². The molecule has 0 unspecified atom stereocenters. The van der Waals surface area contributed by atoms with Gasteiger partial charge in [-0.2, -0.15) is 5.10 Å². The molecule has 1 aromatic carbocycles. The molecule has 1 heterocycles. The van der Waals surface area contributed by atoms with Gasteiger partial charge in [0.25, 0.3) is 5.91 Å². The van der Waals surface area contributed by atoms with Gasteiger partial charge in [0.2, 0.25) is 0 Å². The van der Waals surface area contributed by atoms with E-state index >= 15 is 0 Å². The Labute approximate surface area is 120 Å². The van der Waals surface area contributed by atoms with E-state index in [1.54, 1.807) is 18.1 Å². The third kappa shape index (κ3) is 3.23. The third-order valence-corrected chi connectivity index (χ3v) is 3.67. The standard InChI is InChI=1S/C14H16BrN3O/c1-10(11-6-4-3-5-7-11)9-18(2)14(19)13-12(15)8-16-17-13/h3-8,10H,9H2,1-2H3,(H,16,17)/t10-/m1/s1. The SMILES string of the molecule is C[C@H](CN(C)C(=O)c1[nH]ncc1Br)c1ccccc1. The molecular weight excluding hydrogens is 306 g/mol. The van der Waals surface area contributed by atoms with Gasteiger partial charge in [0.15, 0.2) is 0 Å². The van der Waals surface area contributed by atoms with Crippen molar-refractivity contribution in [2.75, 3.05) is 13.6 Å². The minimum absolute atomic E-state index is 0.0628. The molecular formula is C14H16BrN3O. The molecule has 0 aliphatic heterocycles. The smallest absolute Gasteiger partial charge is 0.272 e. The average molecular weight is 322 g/mol. The monoisotopic (exact) mass is 321 g/mol. The number of nitrogens with zero attached hydrogens (tertiary/aromatic N) is 2. The Morgan fingerprint density at radius 3 is 2.68 bits per heavy atom. The number of likely N-dealkylation sites (N-methyl/N-ethyl adjacent to an activating group) is 1. The second kappa shape index (κ2) is 6.02. The first-order valence-electron chi connectivity index (χ1n) is 6.09. The van der Waals surface area contributed by atoms with Gasteiger partial charge in [0.05, 0.1) is 10.7 Å². The van der Waals surface area contributed by atoms with Gasteiger partial charge in [0.1, 0.15) is 5.69 Å². The van der Waals surface area contributed by atoms with E-state index in [0.717, 1.165) is 0 Å². The Balaban J connectivity index is 2.04. The number of carbonyl (C=O) groups excluding carboxylic acids is 1. The molecule has 0 saturated carbocycles. The predicted molar refractivity (Wildman–Crippen MR) is 78.1 cm³/mol. The summed E-state index contributed by atoms with van der Waals surface area (Å²) in [7, 11) is 1.80. The van der Waals surface area contributed by atoms with Crippen molar-refractivity contribution in [3.8, 4) is 0 Å². The van der Waals surface area contributed by atoms with Crippen molar-refractivity contribution < 1.29 is 4.79 Å². The molecule has 0 aliphatic carbocycles. The summed E-state index contributed by atoms with van der Waals surface area (Å²) < 4.78 is 0.691. The molecule has 0 bridgehead atoms. The zero-order chi connectivity index (χ0) is 13.8. The summed E-state index contributed by atoms with van der Waals surface area (Å²) in [6, 6.07) is 10.2. The van der Waals surface area contributed by atoms with E-state index in [1.807, 2.05) is 18.2 Å². The van der Waals surface area contributed by atoms with Crippen LogP contribution in [0, 0.1) is 0 Å². The highest BCUT2D eigenvalue weighted by Crippen LogP contribution is 2.18. The van der Waals surface area contributed by atoms with Gasteiger partial charge in [-0.25, -0.2) is 0 Å². The maximum absolute atomic E-state index is 12.2. The number of nitrogens with one attached hydrogen (secondary N) is 1. The number of benzene rings is 1. The summed E-state index contributed by atoms with van der Waals surface area (Å²) in [5.74, 6) is 0.226. The fourth-order valence-corrected chi connectivity index (χ4v) is 2.35. The van der Waals surface area contributed by atoms with Crippen LogP contribution in [0.25, 0.3) is 0 Å². The van der Waals surface area contributed by atoms with Gasteiger partial charge in [-0.1, -0.05) is 37.3 Å². The molecule has 0 fully saturated rings. The molecule has 100 valence electrons. The Kier molecular flexibility index (Phi) is 4.37. The second-order valence-electron chi connectivity index (χ2n) is 4.59. The van der Waals surface area contributed by atoms with Crippen molar-refractivity contribution in [3.63, 3.8) is 0 Å². The lowest BCUT2D eigenvalue weighted by atomic mass is 10.0. The van der Waals surface area contributed by atoms with E-state index in [2.05, 4.69) is 45.2 Å². The number of aromatic amines is 1. The molecule has 0 aliphatic rings. The van der Waals surface area contributed by atoms with Gasteiger partial charge in [-0.05, 0) is 27.4 Å². The molecule has 0 spiro atoms. The van der Waals surface area contributed by atoms with E-state index in [9.17, 15) is 4.79 Å². The number of halogens is 1. The number of H-pyrrole nitrogens is 1. The fourth-order valence-electron chi connectivity index (χ4n) is 1.99. The summed E-state index contributed by atoms with van der Waals surface area (Å²) in [5.41, 5.74) is 1.72. The molecule has 1 N–H and O–H groups in total. The highest BCUT2D eigenvalue weighted by molar-refractivity contribution is 9.10. The van der Waals surface area contributed by atoms with Gasteiger partial charge in [-0.3, -0.25) is 9.89 Å². The van der Waals surface area contributed by atoms with Crippen LogP contribution >= 0.6 is 15.9 Å². The number of hydrogen-bond donors (Lipinski definition) is 1. The van der Waals surface area contributed by atoms with Gasteiger partial charge >= 0.3 is 0 Å². The number of amides is 1. The van der Waals surface area contributed by atoms with Crippen LogP contribution in [0.1, 0.15) is 28.9 Å². The number of carbonyl (C=O) groups is 1. The van der Waals surface area contributed by atoms with Crippen LogP contribution in [0.15, 0.2) is 41.0 Å². The molecule has 1 amide bonds. The van der Waals surface area contributed by atoms with Crippen LogP contribution in [0.2, 0.25) is 0 Å². The van der Waals surface area contributed by atoms with Crippen molar-refractivity contribution in [2.45, 2.75) is 12.8 Å². The highest BCUT2D eigenvalue weighted by Gasteiger charge is 2.18. The summed E-state index contributed by atoms with van der Waals surface area (Å²) in [5, 5.41) is 6.55. The Morgan fingerprint density at radius 1 is 1.42 bits per heavy atom. The largest absolute Gasteiger partial charge is 0.340 e. The summed E-state index contributed by atoms with van der Waals surface area (Å²) in [6.07, 6.45) is 1.59. The predicted octanol–water partition coefficient (Wildman–Crippen LogP) is 3.05. The van der Waals surface area contributed by atoms with Gasteiger partial charge < -0.3 is 4.90 Å². The quantitative estimate of drug-likeness (QED) is 0.940. The first kappa shape index (κ1) is 13.8. The molecule has 2 rings (SSSR count). The Hall–Kier alpha value is -1.62. The van der Waals surface area contributed by atoms with Crippen LogP contribution in [0.5, 0.6) is 0 Å². The normalized spacial score (nSPS) is 12.2. The van der Waals surface area contributed by atoms with E-state index in [0.29, 0.717) is 16.7 Å². The van der Waals surface area contributed by atoms with Crippen LogP contribution in [0.4, 0.5) is 0 Å². The van der Waals surface area contributed by atoms with Crippen LogP contribution in [-0.4, -0.2) is 34.6 Å². The molecule has 4 nitrogen and oxygen atoms in total. The first-order chi connectivity index (χ1) is 9.09. The van der Waals surface area contributed by atoms with Crippen molar-refractivity contribution in [3.05, 3.63) is 52.3 Å². The molecule has 19 heavy (non-hydrogen) atoms. The first-order valence-corrected chi connectivity index (χ1v) is 6.88. The van der Waals surface area contributed by atoms with Gasteiger partial charge in [0, 0.05) is 13.6 Å². The van der Waals surface area contributed by atoms with Gasteiger partial charge in [-0.15, -0.1) is 0 Å². The summed E-state index contributed by atoms with van der Waals surface area (Å²) >= 11 is 3.31. The lowest BCUT2D eigenvalue weighted by Gasteiger charge is -2.21. The van der Waals surface area contributed by atoms with E-state index < -0.39 is 0 Å². The fraction of sp³-hybridized carbons (Fsp3) is 0.286. The summed E-state index contributed by atoms with van der Waals surface area (Å²) in [6.45, 7) is 2.77. The second-order valence-corrected chi connectivity index (χ2v) is 5.44. The zero-order valence-electron chi connectivity index (χ0n) is 10.9. The minimum atomic E-state index is -0.0628. The lowest BCUT2D eigenvalue weighted by molar-refractivity contribution is 0.0781. The van der Waals surface area contributed by atoms with E-state index in [-0.39, 0.29) is 11.8 Å². The molecule has 1 atom stereocenters. The molecule has 0 saturated heterocycles. The number of rotatable bonds is 4. The molecule has 2 aromatic rings. The van der Waals surface area contributed by atoms with Crippen LogP contribution < -0.4 is 0 Å². The summed E-state index contributed by atoms with van der Waals surface area (Å²) in [4.78, 5) is 13.9. The molecule has 0 radical (unpaired) electrons. The molecule has 5 heteroatoms.